The number of hydrogen-bond acceptors (Lipinski definition) is 4. The van der Waals surface area contributed by atoms with Crippen LogP contribution in [0.1, 0.15) is 25.5 Å². The fraction of sp³-hybridized carbons (Fsp3) is 0.467. The lowest BCUT2D eigenvalue weighted by molar-refractivity contribution is -0.125. The SMILES string of the molecule is CC(=O)Nc1cccc(C(C)NC(=O)C2COCC2N)c1. The predicted molar refractivity (Wildman–Crippen MR) is 79.6 cm³/mol. The van der Waals surface area contributed by atoms with Gasteiger partial charge in [-0.05, 0) is 24.6 Å². The van der Waals surface area contributed by atoms with Crippen molar-refractivity contribution in [2.45, 2.75) is 25.9 Å². The van der Waals surface area contributed by atoms with Gasteiger partial charge in [0.2, 0.25) is 11.8 Å². The second kappa shape index (κ2) is 6.69. The minimum Gasteiger partial charge on any atom is -0.379 e. The van der Waals surface area contributed by atoms with Crippen molar-refractivity contribution >= 4 is 17.5 Å². The molecule has 0 bridgehead atoms. The van der Waals surface area contributed by atoms with Gasteiger partial charge in [-0.25, -0.2) is 0 Å². The molecule has 0 aliphatic carbocycles. The summed E-state index contributed by atoms with van der Waals surface area (Å²) in [4.78, 5) is 23.2. The molecule has 1 heterocycles. The van der Waals surface area contributed by atoms with Gasteiger partial charge in [-0.15, -0.1) is 0 Å². The molecule has 114 valence electrons. The quantitative estimate of drug-likeness (QED) is 0.765. The van der Waals surface area contributed by atoms with Crippen molar-refractivity contribution in [3.8, 4) is 0 Å². The summed E-state index contributed by atoms with van der Waals surface area (Å²) in [7, 11) is 0. The van der Waals surface area contributed by atoms with E-state index in [0.29, 0.717) is 18.9 Å². The fourth-order valence-electron chi connectivity index (χ4n) is 2.33. The minimum atomic E-state index is -0.300. The summed E-state index contributed by atoms with van der Waals surface area (Å²) in [5.74, 6) is -0.527. The lowest BCUT2D eigenvalue weighted by Crippen LogP contribution is -2.41. The number of nitrogens with two attached hydrogens (primary N) is 1. The highest BCUT2D eigenvalue weighted by molar-refractivity contribution is 5.88. The average molecular weight is 291 g/mol. The molecular weight excluding hydrogens is 270 g/mol. The Morgan fingerprint density at radius 1 is 1.38 bits per heavy atom. The molecule has 2 amide bonds. The fourth-order valence-corrected chi connectivity index (χ4v) is 2.33. The molecule has 4 N–H and O–H groups in total. The van der Waals surface area contributed by atoms with Crippen LogP contribution in [0.25, 0.3) is 0 Å². The zero-order chi connectivity index (χ0) is 15.4. The van der Waals surface area contributed by atoms with Gasteiger partial charge < -0.3 is 21.1 Å². The Hall–Kier alpha value is -1.92. The molecule has 1 fully saturated rings. The number of amides is 2. The van der Waals surface area contributed by atoms with Crippen LogP contribution in [0.3, 0.4) is 0 Å². The van der Waals surface area contributed by atoms with Gasteiger partial charge in [0.25, 0.3) is 0 Å². The summed E-state index contributed by atoms with van der Waals surface area (Å²) in [5.41, 5.74) is 7.47. The highest BCUT2D eigenvalue weighted by Gasteiger charge is 2.31. The van der Waals surface area contributed by atoms with Crippen molar-refractivity contribution in [1.82, 2.24) is 5.32 Å². The van der Waals surface area contributed by atoms with E-state index < -0.39 is 0 Å². The first-order valence-corrected chi connectivity index (χ1v) is 6.98. The summed E-state index contributed by atoms with van der Waals surface area (Å²) in [6.07, 6.45) is 0. The normalized spacial score (nSPS) is 22.6. The summed E-state index contributed by atoms with van der Waals surface area (Å²) in [5, 5.41) is 5.66. The first kappa shape index (κ1) is 15.5. The van der Waals surface area contributed by atoms with Crippen LogP contribution in [0.15, 0.2) is 24.3 Å². The average Bonchev–Trinajstić information content (AvgIpc) is 2.84. The van der Waals surface area contributed by atoms with Gasteiger partial charge in [0.1, 0.15) is 0 Å². The number of nitrogens with one attached hydrogen (secondary N) is 2. The van der Waals surface area contributed by atoms with E-state index in [4.69, 9.17) is 10.5 Å². The largest absolute Gasteiger partial charge is 0.379 e. The zero-order valence-electron chi connectivity index (χ0n) is 12.3. The van der Waals surface area contributed by atoms with Crippen molar-refractivity contribution < 1.29 is 14.3 Å². The number of carbonyl (C=O) groups excluding carboxylic acids is 2. The number of anilines is 1. The highest BCUT2D eigenvalue weighted by atomic mass is 16.5. The lowest BCUT2D eigenvalue weighted by atomic mass is 10.0. The number of benzene rings is 1. The minimum absolute atomic E-state index is 0.0996. The maximum Gasteiger partial charge on any atom is 0.227 e. The van der Waals surface area contributed by atoms with Crippen LogP contribution in [-0.4, -0.2) is 31.1 Å². The third-order valence-electron chi connectivity index (χ3n) is 3.53. The molecule has 1 aromatic rings. The van der Waals surface area contributed by atoms with E-state index in [1.807, 2.05) is 25.1 Å². The van der Waals surface area contributed by atoms with Gasteiger partial charge in [-0.1, -0.05) is 12.1 Å². The number of hydrogen-bond donors (Lipinski definition) is 3. The van der Waals surface area contributed by atoms with Crippen molar-refractivity contribution in [3.05, 3.63) is 29.8 Å². The van der Waals surface area contributed by atoms with Crippen molar-refractivity contribution in [3.63, 3.8) is 0 Å². The van der Waals surface area contributed by atoms with Crippen LogP contribution >= 0.6 is 0 Å². The molecule has 3 atom stereocenters. The molecule has 0 radical (unpaired) electrons. The van der Waals surface area contributed by atoms with E-state index in [-0.39, 0.29) is 29.8 Å². The first-order chi connectivity index (χ1) is 9.97. The maximum atomic E-state index is 12.2. The molecule has 0 aromatic heterocycles. The molecule has 3 unspecified atom stereocenters. The summed E-state index contributed by atoms with van der Waals surface area (Å²) in [6, 6.07) is 6.98. The van der Waals surface area contributed by atoms with Crippen LogP contribution < -0.4 is 16.4 Å². The van der Waals surface area contributed by atoms with E-state index >= 15 is 0 Å². The van der Waals surface area contributed by atoms with Crippen LogP contribution in [0, 0.1) is 5.92 Å². The maximum absolute atomic E-state index is 12.2. The van der Waals surface area contributed by atoms with Gasteiger partial charge in [-0.3, -0.25) is 9.59 Å². The standard InChI is InChI=1S/C15H21N3O3/c1-9(17-15(20)13-7-21-8-14(13)16)11-4-3-5-12(6-11)18-10(2)19/h3-6,9,13-14H,7-8,16H2,1-2H3,(H,17,20)(H,18,19). The van der Waals surface area contributed by atoms with Crippen LogP contribution in [0.4, 0.5) is 5.69 Å². The van der Waals surface area contributed by atoms with E-state index in [2.05, 4.69) is 10.6 Å². The van der Waals surface area contributed by atoms with Crippen molar-refractivity contribution in [1.29, 1.82) is 0 Å². The van der Waals surface area contributed by atoms with E-state index in [9.17, 15) is 9.59 Å². The zero-order valence-corrected chi connectivity index (χ0v) is 12.3. The smallest absolute Gasteiger partial charge is 0.227 e. The summed E-state index contributed by atoms with van der Waals surface area (Å²) < 4.78 is 5.21. The molecule has 2 rings (SSSR count). The molecule has 1 aliphatic rings. The molecule has 6 nitrogen and oxygen atoms in total. The number of rotatable bonds is 4. The molecular formula is C15H21N3O3. The van der Waals surface area contributed by atoms with Gasteiger partial charge in [0.05, 0.1) is 25.2 Å². The van der Waals surface area contributed by atoms with Gasteiger partial charge in [0, 0.05) is 18.7 Å². The number of carbonyl (C=O) groups is 2. The second-order valence-electron chi connectivity index (χ2n) is 5.34. The molecule has 0 saturated carbocycles. The summed E-state index contributed by atoms with van der Waals surface area (Å²) >= 11 is 0. The highest BCUT2D eigenvalue weighted by Crippen LogP contribution is 2.19. The second-order valence-corrected chi connectivity index (χ2v) is 5.34. The molecule has 6 heteroatoms. The summed E-state index contributed by atoms with van der Waals surface area (Å²) in [6.45, 7) is 4.14. The Morgan fingerprint density at radius 2 is 2.14 bits per heavy atom. The third kappa shape index (κ3) is 4.03. The monoisotopic (exact) mass is 291 g/mol. The van der Waals surface area contributed by atoms with Gasteiger partial charge in [-0.2, -0.15) is 0 Å². The topological polar surface area (TPSA) is 93.5 Å². The molecule has 1 aliphatic heterocycles. The molecule has 0 spiro atoms. The predicted octanol–water partition coefficient (Wildman–Crippen LogP) is 0.796. The molecule has 1 aromatic carbocycles. The third-order valence-corrected chi connectivity index (χ3v) is 3.53. The van der Waals surface area contributed by atoms with Crippen LogP contribution in [-0.2, 0) is 14.3 Å². The van der Waals surface area contributed by atoms with E-state index in [1.165, 1.54) is 6.92 Å². The Balaban J connectivity index is 2.01. The number of ether oxygens (including phenoxy) is 1. The lowest BCUT2D eigenvalue weighted by Gasteiger charge is -2.19. The van der Waals surface area contributed by atoms with E-state index in [0.717, 1.165) is 5.56 Å². The van der Waals surface area contributed by atoms with Gasteiger partial charge >= 0.3 is 0 Å². The van der Waals surface area contributed by atoms with Gasteiger partial charge in [0.15, 0.2) is 0 Å². The molecule has 1 saturated heterocycles. The first-order valence-electron chi connectivity index (χ1n) is 6.98. The van der Waals surface area contributed by atoms with Crippen LogP contribution in [0.2, 0.25) is 0 Å². The van der Waals surface area contributed by atoms with Crippen LogP contribution in [0.5, 0.6) is 0 Å². The Morgan fingerprint density at radius 3 is 2.76 bits per heavy atom. The Labute approximate surface area is 124 Å². The Kier molecular flexibility index (Phi) is 4.93. The van der Waals surface area contributed by atoms with Crippen molar-refractivity contribution in [2.75, 3.05) is 18.5 Å². The Bertz CT molecular complexity index is 533. The van der Waals surface area contributed by atoms with E-state index in [1.54, 1.807) is 6.07 Å². The van der Waals surface area contributed by atoms with Crippen molar-refractivity contribution in [2.24, 2.45) is 11.7 Å². The molecule has 21 heavy (non-hydrogen) atoms.